The van der Waals surface area contributed by atoms with Crippen LogP contribution in [-0.4, -0.2) is 23.6 Å². The van der Waals surface area contributed by atoms with Crippen molar-refractivity contribution < 1.29 is 19.1 Å². The van der Waals surface area contributed by atoms with E-state index in [0.717, 1.165) is 19.3 Å². The number of esters is 1. The lowest BCUT2D eigenvalue weighted by Gasteiger charge is -2.46. The van der Waals surface area contributed by atoms with Gasteiger partial charge in [-0.1, -0.05) is 49.6 Å². The summed E-state index contributed by atoms with van der Waals surface area (Å²) in [5.74, 6) is -0.936. The van der Waals surface area contributed by atoms with Crippen LogP contribution in [0.3, 0.4) is 0 Å². The molecule has 1 aromatic carbocycles. The molecule has 1 spiro atoms. The average Bonchev–Trinajstić information content (AvgIpc) is 2.58. The van der Waals surface area contributed by atoms with Crippen LogP contribution >= 0.6 is 0 Å². The Hall–Kier alpha value is -1.97. The van der Waals surface area contributed by atoms with Crippen LogP contribution in [0.25, 0.3) is 0 Å². The van der Waals surface area contributed by atoms with Gasteiger partial charge in [0.25, 0.3) is 0 Å². The molecule has 4 heteroatoms. The summed E-state index contributed by atoms with van der Waals surface area (Å²) in [6.07, 6.45) is 2.79. The zero-order chi connectivity index (χ0) is 16.7. The Kier molecular flexibility index (Phi) is 3.86. The van der Waals surface area contributed by atoms with Crippen molar-refractivity contribution in [1.29, 1.82) is 0 Å². The Morgan fingerprint density at radius 1 is 1.04 bits per heavy atom. The van der Waals surface area contributed by atoms with Gasteiger partial charge < -0.3 is 4.74 Å². The van der Waals surface area contributed by atoms with Crippen LogP contribution in [0.5, 0.6) is 0 Å². The highest BCUT2D eigenvalue weighted by Gasteiger charge is 2.61. The first kappa shape index (κ1) is 15.9. The molecule has 1 heterocycles. The molecule has 0 bridgehead atoms. The van der Waals surface area contributed by atoms with Gasteiger partial charge in [-0.3, -0.25) is 14.4 Å². The second-order valence-corrected chi connectivity index (χ2v) is 7.21. The molecule has 1 aromatic rings. The number of hydrogen-bond acceptors (Lipinski definition) is 4. The van der Waals surface area contributed by atoms with E-state index in [1.165, 1.54) is 0 Å². The number of cyclic esters (lactones) is 1. The molecule has 0 unspecified atom stereocenters. The maximum absolute atomic E-state index is 13.1. The van der Waals surface area contributed by atoms with Gasteiger partial charge in [0.2, 0.25) is 5.78 Å². The number of rotatable bonds is 2. The molecule has 1 aliphatic heterocycles. The molecule has 3 rings (SSSR count). The predicted molar refractivity (Wildman–Crippen MR) is 85.0 cm³/mol. The minimum Gasteiger partial charge on any atom is -0.452 e. The van der Waals surface area contributed by atoms with E-state index in [4.69, 9.17) is 4.74 Å². The minimum absolute atomic E-state index is 0.129. The minimum atomic E-state index is -1.04. The summed E-state index contributed by atoms with van der Waals surface area (Å²) in [6, 6.07) is 8.70. The SMILES string of the molecule is CC1(C)C(=O)C2(CCCCC2)C(=O)O[C@H]1C(=O)c1ccccc1. The summed E-state index contributed by atoms with van der Waals surface area (Å²) in [5, 5.41) is 0. The quantitative estimate of drug-likeness (QED) is 0.477. The maximum atomic E-state index is 13.1. The standard InChI is InChI=1S/C19H22O4/c1-18(2)15(14(20)13-9-5-3-6-10-13)23-17(22)19(16(18)21)11-7-4-8-12-19/h3,5-6,9-10,15H,4,7-8,11-12H2,1-2H3/t15-/m0/s1. The molecule has 4 nitrogen and oxygen atoms in total. The van der Waals surface area contributed by atoms with Gasteiger partial charge in [0, 0.05) is 5.56 Å². The summed E-state index contributed by atoms with van der Waals surface area (Å²) in [4.78, 5) is 38.5. The van der Waals surface area contributed by atoms with Crippen LogP contribution < -0.4 is 0 Å². The Balaban J connectivity index is 1.95. The third-order valence-corrected chi connectivity index (χ3v) is 5.29. The van der Waals surface area contributed by atoms with E-state index in [1.54, 1.807) is 38.1 Å². The number of hydrogen-bond donors (Lipinski definition) is 0. The van der Waals surface area contributed by atoms with Crippen LogP contribution in [0.4, 0.5) is 0 Å². The first-order chi connectivity index (χ1) is 10.9. The van der Waals surface area contributed by atoms with Crippen molar-refractivity contribution in [2.45, 2.75) is 52.1 Å². The lowest BCUT2D eigenvalue weighted by molar-refractivity contribution is -0.186. The molecule has 1 saturated carbocycles. The highest BCUT2D eigenvalue weighted by molar-refractivity contribution is 6.14. The van der Waals surface area contributed by atoms with E-state index in [9.17, 15) is 14.4 Å². The van der Waals surface area contributed by atoms with Gasteiger partial charge in [0.1, 0.15) is 5.41 Å². The zero-order valence-electron chi connectivity index (χ0n) is 13.6. The molecule has 0 amide bonds. The van der Waals surface area contributed by atoms with Crippen LogP contribution in [-0.2, 0) is 14.3 Å². The Labute approximate surface area is 136 Å². The van der Waals surface area contributed by atoms with Crippen molar-refractivity contribution >= 4 is 17.5 Å². The molecule has 0 aromatic heterocycles. The fourth-order valence-electron chi connectivity index (χ4n) is 3.92. The topological polar surface area (TPSA) is 60.4 Å². The zero-order valence-corrected chi connectivity index (χ0v) is 13.6. The van der Waals surface area contributed by atoms with E-state index in [2.05, 4.69) is 0 Å². The number of carbonyl (C=O) groups excluding carboxylic acids is 3. The smallest absolute Gasteiger partial charge is 0.320 e. The normalized spacial score (nSPS) is 25.9. The number of ether oxygens (including phenoxy) is 1. The van der Waals surface area contributed by atoms with Crippen LogP contribution in [0, 0.1) is 10.8 Å². The van der Waals surface area contributed by atoms with Crippen molar-refractivity contribution in [3.05, 3.63) is 35.9 Å². The van der Waals surface area contributed by atoms with E-state index in [1.807, 2.05) is 6.07 Å². The number of Topliss-reactive ketones (excluding diaryl/α,β-unsaturated/α-hetero) is 2. The fraction of sp³-hybridized carbons (Fsp3) is 0.526. The molecule has 1 saturated heterocycles. The molecular formula is C19H22O4. The summed E-state index contributed by atoms with van der Waals surface area (Å²) in [5.41, 5.74) is -1.57. The highest BCUT2D eigenvalue weighted by Crippen LogP contribution is 2.49. The first-order valence-electron chi connectivity index (χ1n) is 8.25. The van der Waals surface area contributed by atoms with Crippen LogP contribution in [0.15, 0.2) is 30.3 Å². The van der Waals surface area contributed by atoms with Crippen molar-refractivity contribution in [1.82, 2.24) is 0 Å². The maximum Gasteiger partial charge on any atom is 0.320 e. The lowest BCUT2D eigenvalue weighted by Crippen LogP contribution is -2.60. The van der Waals surface area contributed by atoms with Crippen molar-refractivity contribution in [3.8, 4) is 0 Å². The summed E-state index contributed by atoms with van der Waals surface area (Å²) >= 11 is 0. The van der Waals surface area contributed by atoms with E-state index in [-0.39, 0.29) is 11.6 Å². The van der Waals surface area contributed by atoms with Crippen molar-refractivity contribution in [2.75, 3.05) is 0 Å². The first-order valence-corrected chi connectivity index (χ1v) is 8.25. The van der Waals surface area contributed by atoms with Crippen molar-refractivity contribution in [3.63, 3.8) is 0 Å². The lowest BCUT2D eigenvalue weighted by atomic mass is 9.60. The summed E-state index contributed by atoms with van der Waals surface area (Å²) in [7, 11) is 0. The van der Waals surface area contributed by atoms with E-state index >= 15 is 0 Å². The van der Waals surface area contributed by atoms with Gasteiger partial charge in [-0.2, -0.15) is 0 Å². The third kappa shape index (κ3) is 2.41. The molecule has 1 atom stereocenters. The van der Waals surface area contributed by atoms with E-state index < -0.39 is 22.9 Å². The van der Waals surface area contributed by atoms with Gasteiger partial charge in [-0.25, -0.2) is 0 Å². The summed E-state index contributed by atoms with van der Waals surface area (Å²) in [6.45, 7) is 3.45. The Morgan fingerprint density at radius 2 is 1.65 bits per heavy atom. The molecule has 0 N–H and O–H groups in total. The predicted octanol–water partition coefficient (Wildman–Crippen LogP) is 3.34. The monoisotopic (exact) mass is 314 g/mol. The van der Waals surface area contributed by atoms with Gasteiger partial charge in [-0.15, -0.1) is 0 Å². The molecule has 122 valence electrons. The van der Waals surface area contributed by atoms with Crippen LogP contribution in [0.2, 0.25) is 0 Å². The molecule has 2 fully saturated rings. The molecule has 23 heavy (non-hydrogen) atoms. The second kappa shape index (κ2) is 5.59. The van der Waals surface area contributed by atoms with Gasteiger partial charge in [0.15, 0.2) is 11.9 Å². The number of ketones is 2. The fourth-order valence-corrected chi connectivity index (χ4v) is 3.92. The molecule has 1 aliphatic carbocycles. The largest absolute Gasteiger partial charge is 0.452 e. The van der Waals surface area contributed by atoms with Gasteiger partial charge in [0.05, 0.1) is 5.41 Å². The Morgan fingerprint density at radius 3 is 2.26 bits per heavy atom. The van der Waals surface area contributed by atoms with Gasteiger partial charge >= 0.3 is 5.97 Å². The summed E-state index contributed by atoms with van der Waals surface area (Å²) < 4.78 is 5.57. The highest BCUT2D eigenvalue weighted by atomic mass is 16.6. The average molecular weight is 314 g/mol. The van der Waals surface area contributed by atoms with Crippen LogP contribution in [0.1, 0.15) is 56.3 Å². The Bertz CT molecular complexity index is 639. The second-order valence-electron chi connectivity index (χ2n) is 7.21. The number of benzene rings is 1. The molecular weight excluding hydrogens is 292 g/mol. The molecule has 0 radical (unpaired) electrons. The number of carbonyl (C=O) groups is 3. The van der Waals surface area contributed by atoms with Crippen molar-refractivity contribution in [2.24, 2.45) is 10.8 Å². The third-order valence-electron chi connectivity index (χ3n) is 5.29. The van der Waals surface area contributed by atoms with E-state index in [0.29, 0.717) is 18.4 Å². The van der Waals surface area contributed by atoms with Gasteiger partial charge in [-0.05, 0) is 26.7 Å². The molecule has 2 aliphatic rings.